The quantitative estimate of drug-likeness (QED) is 0.933. The smallest absolute Gasteiger partial charge is 0.416 e. The molecule has 1 aromatic carbocycles. The maximum Gasteiger partial charge on any atom is 0.416 e. The molecule has 2 rings (SSSR count). The Morgan fingerprint density at radius 2 is 1.95 bits per heavy atom. The van der Waals surface area contributed by atoms with Crippen molar-refractivity contribution in [3.8, 4) is 11.5 Å². The SMILES string of the molecule is Cc1ncccc1Oc1cc(C(F)(F)F)ccc1C(=O)O. The van der Waals surface area contributed by atoms with Crippen LogP contribution in [-0.2, 0) is 6.18 Å². The standard InChI is InChI=1S/C14H10F3NO3/c1-8-11(3-2-6-18-8)21-12-7-9(14(15,16)17)4-5-10(12)13(19)20/h2-7H,1H3,(H,19,20). The Labute approximate surface area is 117 Å². The van der Waals surface area contributed by atoms with Crippen molar-refractivity contribution in [2.75, 3.05) is 0 Å². The third-order valence-corrected chi connectivity index (χ3v) is 2.72. The zero-order valence-electron chi connectivity index (χ0n) is 10.8. The van der Waals surface area contributed by atoms with Gasteiger partial charge in [-0.25, -0.2) is 4.79 Å². The number of hydrogen-bond acceptors (Lipinski definition) is 3. The van der Waals surface area contributed by atoms with Crippen molar-refractivity contribution in [1.82, 2.24) is 4.98 Å². The summed E-state index contributed by atoms with van der Waals surface area (Å²) in [5, 5.41) is 9.03. The minimum absolute atomic E-state index is 0.194. The van der Waals surface area contributed by atoms with E-state index in [2.05, 4.69) is 4.98 Å². The molecule has 21 heavy (non-hydrogen) atoms. The minimum Gasteiger partial charge on any atom is -0.478 e. The normalized spacial score (nSPS) is 11.2. The molecule has 0 saturated carbocycles. The van der Waals surface area contributed by atoms with Gasteiger partial charge in [-0.3, -0.25) is 4.98 Å². The van der Waals surface area contributed by atoms with Gasteiger partial charge in [-0.1, -0.05) is 0 Å². The van der Waals surface area contributed by atoms with Crippen LogP contribution in [0.3, 0.4) is 0 Å². The highest BCUT2D eigenvalue weighted by Gasteiger charge is 2.32. The van der Waals surface area contributed by atoms with Crippen LogP contribution in [0, 0.1) is 6.92 Å². The highest BCUT2D eigenvalue weighted by Crippen LogP contribution is 2.35. The summed E-state index contributed by atoms with van der Waals surface area (Å²) in [4.78, 5) is 15.0. The van der Waals surface area contributed by atoms with Crippen LogP contribution in [0.1, 0.15) is 21.6 Å². The number of alkyl halides is 3. The Balaban J connectivity index is 2.49. The molecule has 4 nitrogen and oxygen atoms in total. The number of carbonyl (C=O) groups is 1. The monoisotopic (exact) mass is 297 g/mol. The number of halogens is 3. The topological polar surface area (TPSA) is 59.4 Å². The molecule has 0 spiro atoms. The lowest BCUT2D eigenvalue weighted by Gasteiger charge is -2.13. The van der Waals surface area contributed by atoms with E-state index < -0.39 is 17.7 Å². The van der Waals surface area contributed by atoms with Gasteiger partial charge in [0, 0.05) is 6.20 Å². The first kappa shape index (κ1) is 14.8. The van der Waals surface area contributed by atoms with Gasteiger partial charge in [0.15, 0.2) is 0 Å². The van der Waals surface area contributed by atoms with E-state index in [4.69, 9.17) is 9.84 Å². The number of benzene rings is 1. The van der Waals surface area contributed by atoms with Crippen LogP contribution in [0.5, 0.6) is 11.5 Å². The fourth-order valence-electron chi connectivity index (χ4n) is 1.66. The lowest BCUT2D eigenvalue weighted by atomic mass is 10.1. The number of aromatic nitrogens is 1. The number of pyridine rings is 1. The van der Waals surface area contributed by atoms with Crippen molar-refractivity contribution in [2.24, 2.45) is 0 Å². The molecule has 0 fully saturated rings. The molecule has 2 aromatic rings. The van der Waals surface area contributed by atoms with Crippen molar-refractivity contribution >= 4 is 5.97 Å². The lowest BCUT2D eigenvalue weighted by molar-refractivity contribution is -0.137. The number of ether oxygens (including phenoxy) is 1. The summed E-state index contributed by atoms with van der Waals surface area (Å²) in [5.41, 5.74) is -0.901. The molecule has 0 unspecified atom stereocenters. The van der Waals surface area contributed by atoms with Crippen molar-refractivity contribution in [2.45, 2.75) is 13.1 Å². The first-order valence-corrected chi connectivity index (χ1v) is 5.83. The van der Waals surface area contributed by atoms with Crippen LogP contribution < -0.4 is 4.74 Å². The number of carboxylic acid groups (broad SMARTS) is 1. The number of aryl methyl sites for hydroxylation is 1. The minimum atomic E-state index is -4.58. The Morgan fingerprint density at radius 1 is 1.24 bits per heavy atom. The maximum atomic E-state index is 12.7. The lowest BCUT2D eigenvalue weighted by Crippen LogP contribution is -2.08. The molecule has 0 atom stereocenters. The van der Waals surface area contributed by atoms with Crippen molar-refractivity contribution in [3.05, 3.63) is 53.3 Å². The largest absolute Gasteiger partial charge is 0.478 e. The van der Waals surface area contributed by atoms with Crippen LogP contribution in [0.15, 0.2) is 36.5 Å². The molecule has 0 bridgehead atoms. The van der Waals surface area contributed by atoms with E-state index in [0.29, 0.717) is 17.8 Å². The maximum absolute atomic E-state index is 12.7. The summed E-state index contributed by atoms with van der Waals surface area (Å²) in [6.45, 7) is 1.60. The molecule has 7 heteroatoms. The number of aromatic carboxylic acids is 1. The van der Waals surface area contributed by atoms with E-state index in [1.807, 2.05) is 0 Å². The summed E-state index contributed by atoms with van der Waals surface area (Å²) < 4.78 is 43.4. The van der Waals surface area contributed by atoms with E-state index in [-0.39, 0.29) is 17.1 Å². The molecular weight excluding hydrogens is 287 g/mol. The molecule has 1 aromatic heterocycles. The molecule has 0 saturated heterocycles. The van der Waals surface area contributed by atoms with Crippen molar-refractivity contribution in [3.63, 3.8) is 0 Å². The molecule has 1 heterocycles. The van der Waals surface area contributed by atoms with Gasteiger partial charge in [-0.15, -0.1) is 0 Å². The van der Waals surface area contributed by atoms with Gasteiger partial charge in [0.25, 0.3) is 0 Å². The predicted molar refractivity (Wildman–Crippen MR) is 67.5 cm³/mol. The highest BCUT2D eigenvalue weighted by molar-refractivity contribution is 5.91. The summed E-state index contributed by atoms with van der Waals surface area (Å²) >= 11 is 0. The molecule has 0 aliphatic carbocycles. The zero-order chi connectivity index (χ0) is 15.6. The first-order valence-electron chi connectivity index (χ1n) is 5.83. The van der Waals surface area contributed by atoms with E-state index in [1.54, 1.807) is 6.92 Å². The van der Waals surface area contributed by atoms with Crippen LogP contribution in [0.25, 0.3) is 0 Å². The number of hydrogen-bond donors (Lipinski definition) is 1. The predicted octanol–water partition coefficient (Wildman–Crippen LogP) is 3.90. The number of rotatable bonds is 3. The van der Waals surface area contributed by atoms with Crippen molar-refractivity contribution in [1.29, 1.82) is 0 Å². The fourth-order valence-corrected chi connectivity index (χ4v) is 1.66. The van der Waals surface area contributed by atoms with E-state index in [0.717, 1.165) is 6.07 Å². The Bertz CT molecular complexity index is 683. The van der Waals surface area contributed by atoms with Gasteiger partial charge in [0.05, 0.1) is 11.3 Å². The Hall–Kier alpha value is -2.57. The van der Waals surface area contributed by atoms with Crippen LogP contribution in [-0.4, -0.2) is 16.1 Å². The molecule has 1 N–H and O–H groups in total. The average molecular weight is 297 g/mol. The summed E-state index contributed by atoms with van der Waals surface area (Å²) in [5.74, 6) is -1.56. The number of nitrogens with zero attached hydrogens (tertiary/aromatic N) is 1. The van der Waals surface area contributed by atoms with Gasteiger partial charge < -0.3 is 9.84 Å². The molecule has 0 amide bonds. The molecular formula is C14H10F3NO3. The van der Waals surface area contributed by atoms with Crippen molar-refractivity contribution < 1.29 is 27.8 Å². The Morgan fingerprint density at radius 3 is 2.52 bits per heavy atom. The molecule has 0 aliphatic rings. The first-order chi connectivity index (χ1) is 9.79. The van der Waals surface area contributed by atoms with Crippen LogP contribution in [0.4, 0.5) is 13.2 Å². The number of carboxylic acids is 1. The van der Waals surface area contributed by atoms with E-state index >= 15 is 0 Å². The van der Waals surface area contributed by atoms with Gasteiger partial charge in [0.2, 0.25) is 0 Å². The van der Waals surface area contributed by atoms with E-state index in [9.17, 15) is 18.0 Å². The second kappa shape index (κ2) is 5.43. The fraction of sp³-hybridized carbons (Fsp3) is 0.143. The second-order valence-corrected chi connectivity index (χ2v) is 4.20. The highest BCUT2D eigenvalue weighted by atomic mass is 19.4. The second-order valence-electron chi connectivity index (χ2n) is 4.20. The Kier molecular flexibility index (Phi) is 3.84. The summed E-state index contributed by atoms with van der Waals surface area (Å²) in [7, 11) is 0. The van der Waals surface area contributed by atoms with Gasteiger partial charge in [0.1, 0.15) is 17.1 Å². The third-order valence-electron chi connectivity index (χ3n) is 2.72. The van der Waals surface area contributed by atoms with Crippen LogP contribution >= 0.6 is 0 Å². The van der Waals surface area contributed by atoms with Gasteiger partial charge in [-0.2, -0.15) is 13.2 Å². The molecule has 110 valence electrons. The third kappa shape index (κ3) is 3.31. The molecule has 0 aliphatic heterocycles. The summed E-state index contributed by atoms with van der Waals surface area (Å²) in [6, 6.07) is 5.26. The van der Waals surface area contributed by atoms with Crippen LogP contribution in [0.2, 0.25) is 0 Å². The van der Waals surface area contributed by atoms with E-state index in [1.165, 1.54) is 18.3 Å². The van der Waals surface area contributed by atoms with Gasteiger partial charge >= 0.3 is 12.1 Å². The van der Waals surface area contributed by atoms with Gasteiger partial charge in [-0.05, 0) is 37.3 Å². The average Bonchev–Trinajstić information content (AvgIpc) is 2.40. The zero-order valence-corrected chi connectivity index (χ0v) is 10.8. The summed E-state index contributed by atoms with van der Waals surface area (Å²) in [6.07, 6.45) is -3.09. The molecule has 0 radical (unpaired) electrons.